The maximum absolute atomic E-state index is 13.2. The highest BCUT2D eigenvalue weighted by Gasteiger charge is 2.50. The molecule has 1 aromatic heterocycles. The van der Waals surface area contributed by atoms with Crippen molar-refractivity contribution in [2.75, 3.05) is 13.1 Å². The fourth-order valence-electron chi connectivity index (χ4n) is 5.15. The number of benzene rings is 2. The van der Waals surface area contributed by atoms with Gasteiger partial charge in [-0.1, -0.05) is 42.5 Å². The highest BCUT2D eigenvalue weighted by molar-refractivity contribution is 5.94. The van der Waals surface area contributed by atoms with E-state index in [-0.39, 0.29) is 11.8 Å². The van der Waals surface area contributed by atoms with Gasteiger partial charge in [0.05, 0.1) is 12.1 Å². The fourth-order valence-corrected chi connectivity index (χ4v) is 5.15. The van der Waals surface area contributed by atoms with E-state index < -0.39 is 5.60 Å². The Balaban J connectivity index is 1.32. The predicted octanol–water partition coefficient (Wildman–Crippen LogP) is 2.48. The molecule has 0 radical (unpaired) electrons. The van der Waals surface area contributed by atoms with E-state index in [0.717, 1.165) is 30.4 Å². The minimum absolute atomic E-state index is 0.0359. The molecule has 1 saturated carbocycles. The summed E-state index contributed by atoms with van der Waals surface area (Å²) in [4.78, 5) is 15.1. The lowest BCUT2D eigenvalue weighted by atomic mass is 9.67. The minimum Gasteiger partial charge on any atom is -0.385 e. The summed E-state index contributed by atoms with van der Waals surface area (Å²) >= 11 is 0. The van der Waals surface area contributed by atoms with Gasteiger partial charge in [-0.05, 0) is 58.9 Å². The van der Waals surface area contributed by atoms with Crippen molar-refractivity contribution in [1.29, 1.82) is 0 Å². The number of hydrogen-bond donors (Lipinski definition) is 1. The van der Waals surface area contributed by atoms with Crippen LogP contribution in [0.1, 0.15) is 40.7 Å². The van der Waals surface area contributed by atoms with Crippen LogP contribution < -0.4 is 0 Å². The summed E-state index contributed by atoms with van der Waals surface area (Å²) in [5.41, 5.74) is 1.83. The SMILES string of the molecule is O=C(c1ccc(Cn2cnnn2)cc1)N1C[C@H]2CCC[C@](O)(c3ccccc3)[C@H]2C1. The Bertz CT molecular complexity index is 1010. The average Bonchev–Trinajstić information content (AvgIpc) is 3.45. The molecule has 7 nitrogen and oxygen atoms in total. The second-order valence-electron chi connectivity index (χ2n) is 8.46. The predicted molar refractivity (Wildman–Crippen MR) is 110 cm³/mol. The van der Waals surface area contributed by atoms with Crippen LogP contribution in [-0.2, 0) is 12.1 Å². The molecular formula is C23H25N5O2. The van der Waals surface area contributed by atoms with Crippen LogP contribution in [0.2, 0.25) is 0 Å². The van der Waals surface area contributed by atoms with E-state index in [2.05, 4.69) is 15.5 Å². The van der Waals surface area contributed by atoms with Crippen LogP contribution in [0.15, 0.2) is 60.9 Å². The Kier molecular flexibility index (Phi) is 4.83. The normalized spacial score (nSPS) is 25.8. The van der Waals surface area contributed by atoms with Crippen LogP contribution in [0.3, 0.4) is 0 Å². The lowest BCUT2D eigenvalue weighted by Crippen LogP contribution is -2.42. The molecule has 1 N–H and O–H groups in total. The number of tetrazole rings is 1. The molecular weight excluding hydrogens is 378 g/mol. The lowest BCUT2D eigenvalue weighted by Gasteiger charge is -2.41. The number of fused-ring (bicyclic) bond motifs is 1. The van der Waals surface area contributed by atoms with E-state index in [1.807, 2.05) is 59.5 Å². The van der Waals surface area contributed by atoms with Gasteiger partial charge in [-0.25, -0.2) is 4.68 Å². The van der Waals surface area contributed by atoms with Gasteiger partial charge in [0.25, 0.3) is 5.91 Å². The molecule has 2 aliphatic rings. The van der Waals surface area contributed by atoms with Crippen LogP contribution >= 0.6 is 0 Å². The Morgan fingerprint density at radius 3 is 2.63 bits per heavy atom. The number of amides is 1. The van der Waals surface area contributed by atoms with Crippen LogP contribution in [0.4, 0.5) is 0 Å². The molecule has 5 rings (SSSR count). The van der Waals surface area contributed by atoms with E-state index in [0.29, 0.717) is 31.1 Å². The smallest absolute Gasteiger partial charge is 0.253 e. The van der Waals surface area contributed by atoms with Crippen molar-refractivity contribution in [2.24, 2.45) is 11.8 Å². The topological polar surface area (TPSA) is 84.1 Å². The highest BCUT2D eigenvalue weighted by Crippen LogP contribution is 2.48. The van der Waals surface area contributed by atoms with Crippen molar-refractivity contribution in [3.63, 3.8) is 0 Å². The number of likely N-dealkylation sites (tertiary alicyclic amines) is 1. The Morgan fingerprint density at radius 1 is 1.10 bits per heavy atom. The van der Waals surface area contributed by atoms with Crippen molar-refractivity contribution in [1.82, 2.24) is 25.1 Å². The number of hydrogen-bond acceptors (Lipinski definition) is 5. The van der Waals surface area contributed by atoms with Gasteiger partial charge >= 0.3 is 0 Å². The van der Waals surface area contributed by atoms with Crippen molar-refractivity contribution >= 4 is 5.91 Å². The first-order chi connectivity index (χ1) is 14.6. The van der Waals surface area contributed by atoms with Gasteiger partial charge in [0.2, 0.25) is 0 Å². The van der Waals surface area contributed by atoms with E-state index >= 15 is 0 Å². The molecule has 1 aliphatic carbocycles. The van der Waals surface area contributed by atoms with E-state index in [4.69, 9.17) is 0 Å². The molecule has 0 unspecified atom stereocenters. The summed E-state index contributed by atoms with van der Waals surface area (Å²) in [6.45, 7) is 1.88. The standard InChI is InChI=1S/C23H25N5O2/c29-22(18-10-8-17(9-11-18)13-28-16-24-25-26-28)27-14-19-5-4-12-23(30,21(19)15-27)20-6-2-1-3-7-20/h1-3,6-11,16,19,21,30H,4-5,12-15H2/t19-,21+,23+/m1/s1. The van der Waals surface area contributed by atoms with Crippen LogP contribution in [0.25, 0.3) is 0 Å². The van der Waals surface area contributed by atoms with E-state index in [9.17, 15) is 9.90 Å². The lowest BCUT2D eigenvalue weighted by molar-refractivity contribution is -0.0644. The number of nitrogens with zero attached hydrogens (tertiary/aromatic N) is 5. The summed E-state index contributed by atoms with van der Waals surface area (Å²) in [5.74, 6) is 0.456. The molecule has 0 spiro atoms. The monoisotopic (exact) mass is 403 g/mol. The van der Waals surface area contributed by atoms with Gasteiger partial charge < -0.3 is 10.0 Å². The van der Waals surface area contributed by atoms with Gasteiger partial charge in [0, 0.05) is 24.6 Å². The number of aliphatic hydroxyl groups is 1. The zero-order valence-corrected chi connectivity index (χ0v) is 16.8. The third-order valence-corrected chi connectivity index (χ3v) is 6.69. The molecule has 1 amide bonds. The third kappa shape index (κ3) is 3.39. The van der Waals surface area contributed by atoms with Crippen LogP contribution in [0, 0.1) is 11.8 Å². The van der Waals surface area contributed by atoms with E-state index in [1.54, 1.807) is 11.0 Å². The second-order valence-corrected chi connectivity index (χ2v) is 8.46. The number of carbonyl (C=O) groups is 1. The third-order valence-electron chi connectivity index (χ3n) is 6.69. The van der Waals surface area contributed by atoms with Gasteiger partial charge in [-0.3, -0.25) is 4.79 Å². The van der Waals surface area contributed by atoms with Crippen molar-refractivity contribution < 1.29 is 9.90 Å². The number of rotatable bonds is 4. The molecule has 2 aromatic carbocycles. The van der Waals surface area contributed by atoms with Crippen LogP contribution in [-0.4, -0.2) is 49.2 Å². The number of aromatic nitrogens is 4. The molecule has 30 heavy (non-hydrogen) atoms. The molecule has 1 aliphatic heterocycles. The fraction of sp³-hybridized carbons (Fsp3) is 0.391. The van der Waals surface area contributed by atoms with Crippen molar-refractivity contribution in [3.05, 3.63) is 77.6 Å². The largest absolute Gasteiger partial charge is 0.385 e. The summed E-state index contributed by atoms with van der Waals surface area (Å²) in [7, 11) is 0. The Labute approximate surface area is 175 Å². The van der Waals surface area contributed by atoms with Gasteiger partial charge in [0.15, 0.2) is 0 Å². The zero-order valence-electron chi connectivity index (χ0n) is 16.8. The van der Waals surface area contributed by atoms with Crippen molar-refractivity contribution in [3.8, 4) is 0 Å². The maximum atomic E-state index is 13.2. The van der Waals surface area contributed by atoms with Crippen LogP contribution in [0.5, 0.6) is 0 Å². The number of carbonyl (C=O) groups excluding carboxylic acids is 1. The summed E-state index contributed by atoms with van der Waals surface area (Å²) in [6.07, 6.45) is 4.37. The summed E-state index contributed by atoms with van der Waals surface area (Å²) in [5, 5.41) is 22.7. The molecule has 1 saturated heterocycles. The highest BCUT2D eigenvalue weighted by atomic mass is 16.3. The molecule has 0 bridgehead atoms. The molecule has 7 heteroatoms. The molecule has 2 heterocycles. The average molecular weight is 403 g/mol. The van der Waals surface area contributed by atoms with Gasteiger partial charge in [-0.2, -0.15) is 0 Å². The zero-order chi connectivity index (χ0) is 20.6. The first kappa shape index (κ1) is 18.9. The quantitative estimate of drug-likeness (QED) is 0.724. The Morgan fingerprint density at radius 2 is 1.90 bits per heavy atom. The molecule has 3 atom stereocenters. The summed E-state index contributed by atoms with van der Waals surface area (Å²) in [6, 6.07) is 17.6. The van der Waals surface area contributed by atoms with Gasteiger partial charge in [0.1, 0.15) is 6.33 Å². The second kappa shape index (κ2) is 7.65. The Hall–Kier alpha value is -3.06. The van der Waals surface area contributed by atoms with Gasteiger partial charge in [-0.15, -0.1) is 5.10 Å². The molecule has 154 valence electrons. The first-order valence-electron chi connectivity index (χ1n) is 10.5. The van der Waals surface area contributed by atoms with E-state index in [1.165, 1.54) is 0 Å². The molecule has 3 aromatic rings. The summed E-state index contributed by atoms with van der Waals surface area (Å²) < 4.78 is 1.65. The minimum atomic E-state index is -0.852. The first-order valence-corrected chi connectivity index (χ1v) is 10.5. The van der Waals surface area contributed by atoms with Crippen molar-refractivity contribution in [2.45, 2.75) is 31.4 Å². The molecule has 2 fully saturated rings. The maximum Gasteiger partial charge on any atom is 0.253 e.